The Kier molecular flexibility index (Phi) is 2.85. The van der Waals surface area contributed by atoms with Crippen molar-refractivity contribution in [1.29, 1.82) is 0 Å². The number of aliphatic hydroxyl groups is 1. The van der Waals surface area contributed by atoms with Crippen molar-refractivity contribution in [3.05, 3.63) is 0 Å². The van der Waals surface area contributed by atoms with Crippen molar-refractivity contribution >= 4 is 11.8 Å². The van der Waals surface area contributed by atoms with Crippen LogP contribution in [0.3, 0.4) is 0 Å². The third-order valence-corrected chi connectivity index (χ3v) is 5.24. The van der Waals surface area contributed by atoms with Crippen LogP contribution in [-0.4, -0.2) is 34.0 Å². The lowest BCUT2D eigenvalue weighted by atomic mass is 9.64. The standard InChI is InChI=1S/C14H23NO3/c1-8(2)14(5)7-11(17)15(12(14)18)9-6-10(16)13(9,3)4/h8-10,16H,6-7H2,1-5H3. The van der Waals surface area contributed by atoms with Crippen molar-refractivity contribution in [3.63, 3.8) is 0 Å². The summed E-state index contributed by atoms with van der Waals surface area (Å²) in [7, 11) is 0. The molecular weight excluding hydrogens is 230 g/mol. The van der Waals surface area contributed by atoms with Crippen LogP contribution in [0.1, 0.15) is 47.5 Å². The average Bonchev–Trinajstić information content (AvgIpc) is 2.48. The SMILES string of the molecule is CC(C)C1(C)CC(=O)N(C2CC(O)C2(C)C)C1=O. The molecule has 4 heteroatoms. The van der Waals surface area contributed by atoms with Crippen LogP contribution < -0.4 is 0 Å². The van der Waals surface area contributed by atoms with Gasteiger partial charge in [-0.2, -0.15) is 0 Å². The third-order valence-electron chi connectivity index (χ3n) is 5.24. The average molecular weight is 253 g/mol. The van der Waals surface area contributed by atoms with E-state index < -0.39 is 11.5 Å². The molecule has 1 saturated heterocycles. The number of nitrogens with zero attached hydrogens (tertiary/aromatic N) is 1. The zero-order valence-corrected chi connectivity index (χ0v) is 11.9. The Balaban J connectivity index is 2.27. The smallest absolute Gasteiger partial charge is 0.236 e. The first-order valence-electron chi connectivity index (χ1n) is 6.67. The van der Waals surface area contributed by atoms with Gasteiger partial charge in [-0.05, 0) is 19.3 Å². The summed E-state index contributed by atoms with van der Waals surface area (Å²) in [6.07, 6.45) is 0.388. The molecule has 0 aromatic rings. The minimum atomic E-state index is -0.576. The number of hydrogen-bond donors (Lipinski definition) is 1. The molecule has 0 radical (unpaired) electrons. The highest BCUT2D eigenvalue weighted by Gasteiger charge is 2.59. The van der Waals surface area contributed by atoms with E-state index in [1.54, 1.807) is 0 Å². The van der Waals surface area contributed by atoms with Crippen molar-refractivity contribution in [3.8, 4) is 0 Å². The van der Waals surface area contributed by atoms with Gasteiger partial charge in [0.05, 0.1) is 11.5 Å². The molecule has 0 aromatic heterocycles. The normalized spacial score (nSPS) is 39.4. The molecule has 2 amide bonds. The molecule has 0 bridgehead atoms. The Hall–Kier alpha value is -0.900. The molecule has 1 aliphatic heterocycles. The van der Waals surface area contributed by atoms with E-state index in [1.807, 2.05) is 34.6 Å². The molecule has 3 unspecified atom stereocenters. The summed E-state index contributed by atoms with van der Waals surface area (Å²) in [6, 6.07) is -0.145. The number of carbonyl (C=O) groups is 2. The van der Waals surface area contributed by atoms with E-state index in [0.717, 1.165) is 0 Å². The second kappa shape index (κ2) is 3.80. The molecule has 0 spiro atoms. The highest BCUT2D eigenvalue weighted by molar-refractivity contribution is 6.06. The summed E-state index contributed by atoms with van der Waals surface area (Å²) in [5.41, 5.74) is -0.957. The number of hydrogen-bond acceptors (Lipinski definition) is 3. The van der Waals surface area contributed by atoms with Crippen LogP contribution in [-0.2, 0) is 9.59 Å². The highest BCUT2D eigenvalue weighted by Crippen LogP contribution is 2.49. The number of carbonyl (C=O) groups excluding carboxylic acids is 2. The Morgan fingerprint density at radius 2 is 1.83 bits per heavy atom. The summed E-state index contributed by atoms with van der Waals surface area (Å²) in [5, 5.41) is 9.77. The maximum absolute atomic E-state index is 12.5. The van der Waals surface area contributed by atoms with Gasteiger partial charge in [-0.1, -0.05) is 27.7 Å². The van der Waals surface area contributed by atoms with E-state index >= 15 is 0 Å². The van der Waals surface area contributed by atoms with E-state index in [1.165, 1.54) is 4.90 Å². The van der Waals surface area contributed by atoms with Gasteiger partial charge in [0.15, 0.2) is 0 Å². The molecule has 2 fully saturated rings. The molecule has 4 nitrogen and oxygen atoms in total. The molecule has 0 aromatic carbocycles. The Bertz CT molecular complexity index is 402. The van der Waals surface area contributed by atoms with Crippen LogP contribution in [0.5, 0.6) is 0 Å². The Morgan fingerprint density at radius 1 is 1.28 bits per heavy atom. The molecule has 1 N–H and O–H groups in total. The topological polar surface area (TPSA) is 57.6 Å². The van der Waals surface area contributed by atoms with Gasteiger partial charge in [0.1, 0.15) is 0 Å². The van der Waals surface area contributed by atoms with Gasteiger partial charge in [0.2, 0.25) is 11.8 Å². The van der Waals surface area contributed by atoms with E-state index in [9.17, 15) is 14.7 Å². The van der Waals surface area contributed by atoms with E-state index in [4.69, 9.17) is 0 Å². The van der Waals surface area contributed by atoms with Crippen LogP contribution in [0.2, 0.25) is 0 Å². The highest BCUT2D eigenvalue weighted by atomic mass is 16.3. The molecule has 18 heavy (non-hydrogen) atoms. The van der Waals surface area contributed by atoms with Crippen LogP contribution in [0.4, 0.5) is 0 Å². The molecule has 2 rings (SSSR count). The molecule has 1 heterocycles. The minimum Gasteiger partial charge on any atom is -0.392 e. The van der Waals surface area contributed by atoms with Crippen LogP contribution in [0, 0.1) is 16.7 Å². The van der Waals surface area contributed by atoms with Gasteiger partial charge in [0, 0.05) is 17.9 Å². The predicted octanol–water partition coefficient (Wildman–Crippen LogP) is 1.57. The number of aliphatic hydroxyl groups excluding tert-OH is 1. The largest absolute Gasteiger partial charge is 0.392 e. The number of rotatable bonds is 2. The second-order valence-electron chi connectivity index (χ2n) is 6.91. The monoisotopic (exact) mass is 253 g/mol. The van der Waals surface area contributed by atoms with Crippen molar-refractivity contribution in [2.75, 3.05) is 0 Å². The third kappa shape index (κ3) is 1.54. The molecular formula is C14H23NO3. The van der Waals surface area contributed by atoms with E-state index in [0.29, 0.717) is 12.8 Å². The quantitative estimate of drug-likeness (QED) is 0.760. The number of amides is 2. The fourth-order valence-corrected chi connectivity index (χ4v) is 2.95. The summed E-state index contributed by atoms with van der Waals surface area (Å²) >= 11 is 0. The minimum absolute atomic E-state index is 0.0625. The van der Waals surface area contributed by atoms with Crippen molar-refractivity contribution in [2.45, 2.75) is 59.6 Å². The van der Waals surface area contributed by atoms with Gasteiger partial charge >= 0.3 is 0 Å². The molecule has 1 aliphatic carbocycles. The fraction of sp³-hybridized carbons (Fsp3) is 0.857. The van der Waals surface area contributed by atoms with Crippen LogP contribution in [0.25, 0.3) is 0 Å². The van der Waals surface area contributed by atoms with Gasteiger partial charge < -0.3 is 5.11 Å². The zero-order chi connectivity index (χ0) is 13.9. The van der Waals surface area contributed by atoms with Gasteiger partial charge in [-0.15, -0.1) is 0 Å². The molecule has 1 saturated carbocycles. The van der Waals surface area contributed by atoms with Crippen molar-refractivity contribution in [2.24, 2.45) is 16.7 Å². The lowest BCUT2D eigenvalue weighted by molar-refractivity contribution is -0.164. The summed E-state index contributed by atoms with van der Waals surface area (Å²) < 4.78 is 0. The van der Waals surface area contributed by atoms with E-state index in [2.05, 4.69) is 0 Å². The van der Waals surface area contributed by atoms with Crippen molar-refractivity contribution in [1.82, 2.24) is 4.90 Å². The first-order chi connectivity index (χ1) is 8.12. The number of imide groups is 1. The summed E-state index contributed by atoms with van der Waals surface area (Å²) in [6.45, 7) is 9.67. The van der Waals surface area contributed by atoms with Crippen LogP contribution >= 0.6 is 0 Å². The maximum atomic E-state index is 12.5. The van der Waals surface area contributed by atoms with Gasteiger partial charge in [-0.3, -0.25) is 14.5 Å². The number of likely N-dealkylation sites (tertiary alicyclic amines) is 1. The van der Waals surface area contributed by atoms with Gasteiger partial charge in [0.25, 0.3) is 0 Å². The summed E-state index contributed by atoms with van der Waals surface area (Å²) in [5.74, 6) is 0.000659. The Labute approximate surface area is 108 Å². The maximum Gasteiger partial charge on any atom is 0.236 e. The predicted molar refractivity (Wildman–Crippen MR) is 67.6 cm³/mol. The van der Waals surface area contributed by atoms with Crippen molar-refractivity contribution < 1.29 is 14.7 Å². The first kappa shape index (κ1) is 13.5. The Morgan fingerprint density at radius 3 is 2.17 bits per heavy atom. The second-order valence-corrected chi connectivity index (χ2v) is 6.91. The van der Waals surface area contributed by atoms with E-state index in [-0.39, 0.29) is 29.2 Å². The first-order valence-corrected chi connectivity index (χ1v) is 6.67. The molecule has 102 valence electrons. The lowest BCUT2D eigenvalue weighted by Crippen LogP contribution is -2.63. The molecule has 3 atom stereocenters. The van der Waals surface area contributed by atoms with Crippen LogP contribution in [0.15, 0.2) is 0 Å². The lowest BCUT2D eigenvalue weighted by Gasteiger charge is -2.52. The van der Waals surface area contributed by atoms with Gasteiger partial charge in [-0.25, -0.2) is 0 Å². The summed E-state index contributed by atoms with van der Waals surface area (Å²) in [4.78, 5) is 26.1. The fourth-order valence-electron chi connectivity index (χ4n) is 2.95. The molecule has 2 aliphatic rings. The zero-order valence-electron chi connectivity index (χ0n) is 11.9.